The maximum Gasteiger partial charge on any atom is 0.252 e. The molecule has 4 heterocycles. The summed E-state index contributed by atoms with van der Waals surface area (Å²) >= 11 is 0. The Balaban J connectivity index is 1.21. The first-order valence-corrected chi connectivity index (χ1v) is 21.3. The highest BCUT2D eigenvalue weighted by molar-refractivity contribution is 7.00. The van der Waals surface area contributed by atoms with E-state index in [1.807, 2.05) is 0 Å². The number of anilines is 7. The molecule has 4 heteroatoms. The summed E-state index contributed by atoms with van der Waals surface area (Å²) in [5.41, 5.74) is 19.5. The van der Waals surface area contributed by atoms with E-state index in [-0.39, 0.29) is 28.6 Å². The molecule has 4 unspecified atom stereocenters. The van der Waals surface area contributed by atoms with Crippen molar-refractivity contribution in [2.24, 2.45) is 0 Å². The molecule has 4 aliphatic heterocycles. The zero-order chi connectivity index (χ0) is 37.6. The Hall–Kier alpha value is -5.22. The van der Waals surface area contributed by atoms with Gasteiger partial charge in [-0.3, -0.25) is 0 Å². The first-order chi connectivity index (χ1) is 27.3. The molecule has 6 aromatic rings. The van der Waals surface area contributed by atoms with E-state index < -0.39 is 0 Å². The van der Waals surface area contributed by atoms with Crippen LogP contribution in [0.1, 0.15) is 90.2 Å². The lowest BCUT2D eigenvalue weighted by atomic mass is 9.33. The fourth-order valence-electron chi connectivity index (χ4n) is 13.2. The molecule has 2 saturated carbocycles. The first-order valence-electron chi connectivity index (χ1n) is 21.3. The largest absolute Gasteiger partial charge is 0.335 e. The maximum absolute atomic E-state index is 2.91. The van der Waals surface area contributed by atoms with Gasteiger partial charge >= 0.3 is 0 Å². The van der Waals surface area contributed by atoms with Gasteiger partial charge in [-0.25, -0.2) is 0 Å². The molecule has 0 saturated heterocycles. The van der Waals surface area contributed by atoms with Crippen molar-refractivity contribution in [1.82, 2.24) is 0 Å². The summed E-state index contributed by atoms with van der Waals surface area (Å²) in [6, 6.07) is 51.4. The van der Waals surface area contributed by atoms with E-state index >= 15 is 0 Å². The van der Waals surface area contributed by atoms with Gasteiger partial charge in [-0.2, -0.15) is 0 Å². The van der Waals surface area contributed by atoms with Crippen LogP contribution in [0.25, 0.3) is 11.1 Å². The van der Waals surface area contributed by atoms with E-state index in [1.54, 1.807) is 5.56 Å². The highest BCUT2D eigenvalue weighted by atomic mass is 15.3. The Labute approximate surface area is 333 Å². The quantitative estimate of drug-likeness (QED) is 0.168. The highest BCUT2D eigenvalue weighted by Gasteiger charge is 2.62. The minimum absolute atomic E-state index is 0.0172. The molecule has 0 spiro atoms. The highest BCUT2D eigenvalue weighted by Crippen LogP contribution is 2.65. The molecular formula is C52H50BN3. The molecule has 2 aliphatic carbocycles. The van der Waals surface area contributed by atoms with Gasteiger partial charge in [0.25, 0.3) is 6.71 Å². The number of hydrogen-bond donors (Lipinski definition) is 0. The van der Waals surface area contributed by atoms with E-state index in [1.165, 1.54) is 124 Å². The van der Waals surface area contributed by atoms with Crippen LogP contribution in [-0.2, 0) is 10.8 Å². The van der Waals surface area contributed by atoms with Gasteiger partial charge in [-0.15, -0.1) is 0 Å². The normalized spacial score (nSPS) is 27.6. The summed E-state index contributed by atoms with van der Waals surface area (Å²) in [4.78, 5) is 8.32. The van der Waals surface area contributed by atoms with E-state index in [0.717, 1.165) is 0 Å². The lowest BCUT2D eigenvalue weighted by Crippen LogP contribution is -2.64. The lowest BCUT2D eigenvalue weighted by Gasteiger charge is -2.53. The van der Waals surface area contributed by atoms with Crippen LogP contribution in [0.4, 0.5) is 39.8 Å². The molecule has 0 radical (unpaired) electrons. The summed E-state index contributed by atoms with van der Waals surface area (Å²) in [5.74, 6) is 0. The van der Waals surface area contributed by atoms with E-state index in [9.17, 15) is 0 Å². The van der Waals surface area contributed by atoms with E-state index in [2.05, 4.69) is 176 Å². The third-order valence-electron chi connectivity index (χ3n) is 16.3. The Morgan fingerprint density at radius 3 is 1.79 bits per heavy atom. The zero-order valence-corrected chi connectivity index (χ0v) is 33.3. The van der Waals surface area contributed by atoms with Crippen molar-refractivity contribution in [3.63, 3.8) is 0 Å². The molecule has 4 atom stereocenters. The predicted octanol–water partition coefficient (Wildman–Crippen LogP) is 11.5. The van der Waals surface area contributed by atoms with Crippen molar-refractivity contribution in [1.29, 1.82) is 0 Å². The van der Waals surface area contributed by atoms with Crippen molar-refractivity contribution >= 4 is 62.9 Å². The Kier molecular flexibility index (Phi) is 6.60. The average Bonchev–Trinajstić information content (AvgIpc) is 3.58. The summed E-state index contributed by atoms with van der Waals surface area (Å²) in [6.45, 7) is 10.5. The van der Waals surface area contributed by atoms with Crippen LogP contribution >= 0.6 is 0 Å². The van der Waals surface area contributed by atoms with Gasteiger partial charge in [0.2, 0.25) is 0 Å². The average molecular weight is 728 g/mol. The Bertz CT molecular complexity index is 2600. The third-order valence-corrected chi connectivity index (χ3v) is 16.3. The molecule has 56 heavy (non-hydrogen) atoms. The van der Waals surface area contributed by atoms with Crippen molar-refractivity contribution in [3.8, 4) is 11.1 Å². The SMILES string of the molecule is CC12CCCCC1(C)N(c1cc3c4c(c1)N1c5c(cc(-c6ccccc6)cc5C5(C)CCCCC15C)B4c1ccccc1N3c1ccccc1)c1ccccc12. The van der Waals surface area contributed by atoms with Crippen LogP contribution in [-0.4, -0.2) is 17.8 Å². The number of hydrogen-bond acceptors (Lipinski definition) is 3. The fourth-order valence-corrected chi connectivity index (χ4v) is 13.2. The molecule has 0 aromatic heterocycles. The van der Waals surface area contributed by atoms with Crippen molar-refractivity contribution < 1.29 is 0 Å². The molecule has 276 valence electrons. The minimum Gasteiger partial charge on any atom is -0.335 e. The smallest absolute Gasteiger partial charge is 0.252 e. The zero-order valence-electron chi connectivity index (χ0n) is 33.3. The van der Waals surface area contributed by atoms with Gasteiger partial charge in [0.05, 0.1) is 11.1 Å². The number of fused-ring (bicyclic) bond motifs is 10. The predicted molar refractivity (Wildman–Crippen MR) is 237 cm³/mol. The van der Waals surface area contributed by atoms with E-state index in [4.69, 9.17) is 0 Å². The summed E-state index contributed by atoms with van der Waals surface area (Å²) in [7, 11) is 0. The van der Waals surface area contributed by atoms with E-state index in [0.29, 0.717) is 0 Å². The molecule has 6 aliphatic rings. The second kappa shape index (κ2) is 11.2. The topological polar surface area (TPSA) is 9.72 Å². The van der Waals surface area contributed by atoms with Gasteiger partial charge in [-0.05, 0) is 121 Å². The molecule has 0 amide bonds. The fraction of sp³-hybridized carbons (Fsp3) is 0.308. The van der Waals surface area contributed by atoms with Gasteiger partial charge in [0.15, 0.2) is 0 Å². The molecular weight excluding hydrogens is 677 g/mol. The van der Waals surface area contributed by atoms with Crippen LogP contribution in [0.15, 0.2) is 133 Å². The lowest BCUT2D eigenvalue weighted by molar-refractivity contribution is 0.194. The molecule has 0 bridgehead atoms. The molecule has 12 rings (SSSR count). The van der Waals surface area contributed by atoms with Crippen molar-refractivity contribution in [3.05, 3.63) is 145 Å². The summed E-state index contributed by atoms with van der Waals surface area (Å²) < 4.78 is 0. The summed E-state index contributed by atoms with van der Waals surface area (Å²) in [6.07, 6.45) is 9.90. The number of nitrogens with zero attached hydrogens (tertiary/aromatic N) is 3. The summed E-state index contributed by atoms with van der Waals surface area (Å²) in [5, 5.41) is 0. The Morgan fingerprint density at radius 1 is 0.446 bits per heavy atom. The molecule has 0 N–H and O–H groups in total. The third kappa shape index (κ3) is 3.91. The van der Waals surface area contributed by atoms with Crippen molar-refractivity contribution in [2.75, 3.05) is 14.7 Å². The maximum atomic E-state index is 2.91. The first kappa shape index (κ1) is 33.0. The minimum atomic E-state index is -0.0598. The van der Waals surface area contributed by atoms with Gasteiger partial charge in [0, 0.05) is 50.6 Å². The van der Waals surface area contributed by atoms with Crippen molar-refractivity contribution in [2.45, 2.75) is 101 Å². The van der Waals surface area contributed by atoms with Crippen LogP contribution in [0.5, 0.6) is 0 Å². The van der Waals surface area contributed by atoms with Crippen LogP contribution in [0.2, 0.25) is 0 Å². The molecule has 6 aromatic carbocycles. The van der Waals surface area contributed by atoms with Gasteiger partial charge in [-0.1, -0.05) is 131 Å². The number of para-hydroxylation sites is 3. The van der Waals surface area contributed by atoms with Crippen LogP contribution < -0.4 is 31.1 Å². The number of benzene rings is 6. The number of rotatable bonds is 3. The molecule has 3 nitrogen and oxygen atoms in total. The van der Waals surface area contributed by atoms with Crippen LogP contribution in [0, 0.1) is 0 Å². The van der Waals surface area contributed by atoms with Gasteiger partial charge < -0.3 is 14.7 Å². The van der Waals surface area contributed by atoms with Gasteiger partial charge in [0.1, 0.15) is 0 Å². The standard InChI is InChI=1S/C52H50BN3/c1-49-27-15-17-29-51(49,3)55(43-25-13-11-23-39(43)49)38-33-45-47-46(34-38)56-48-40(50(2)28-16-18-30-52(50,56)4)31-36(35-19-7-5-8-20-35)32-42(48)53(47)41-24-12-14-26-44(41)54(45)37-21-9-6-10-22-37/h5-14,19-26,31-34H,15-18,27-30H2,1-4H3. The monoisotopic (exact) mass is 727 g/mol. The second-order valence-electron chi connectivity index (χ2n) is 18.7. The second-order valence-corrected chi connectivity index (χ2v) is 18.7. The van der Waals surface area contributed by atoms with Crippen LogP contribution in [0.3, 0.4) is 0 Å². The Morgan fingerprint density at radius 2 is 1.04 bits per heavy atom. The molecule has 2 fully saturated rings.